The molecule has 0 amide bonds. The lowest BCUT2D eigenvalue weighted by molar-refractivity contribution is 1.01. The molecule has 0 saturated heterocycles. The van der Waals surface area contributed by atoms with E-state index >= 15 is 0 Å². The maximum atomic E-state index is 2.41. The van der Waals surface area contributed by atoms with Gasteiger partial charge >= 0.3 is 0 Å². The Labute approximate surface area is 287 Å². The highest BCUT2D eigenvalue weighted by molar-refractivity contribution is 6.13. The molecule has 8 aromatic rings. The number of allylic oxidation sites excluding steroid dienone is 3. The molecular formula is C48H35N. The van der Waals surface area contributed by atoms with E-state index in [1.54, 1.807) is 0 Å². The van der Waals surface area contributed by atoms with Crippen LogP contribution in [0.4, 0.5) is 11.4 Å². The molecule has 0 fully saturated rings. The van der Waals surface area contributed by atoms with Crippen LogP contribution in [-0.2, 0) is 0 Å². The van der Waals surface area contributed by atoms with Gasteiger partial charge in [0, 0.05) is 17.1 Å². The first-order valence-electron chi connectivity index (χ1n) is 17.1. The van der Waals surface area contributed by atoms with Gasteiger partial charge in [0.25, 0.3) is 0 Å². The maximum absolute atomic E-state index is 2.41. The lowest BCUT2D eigenvalue weighted by atomic mass is 9.93. The van der Waals surface area contributed by atoms with Gasteiger partial charge in [-0.3, -0.25) is 0 Å². The third-order valence-corrected chi connectivity index (χ3v) is 9.90. The molecule has 0 aliphatic heterocycles. The van der Waals surface area contributed by atoms with Gasteiger partial charge in [-0.15, -0.1) is 0 Å². The van der Waals surface area contributed by atoms with Crippen LogP contribution in [0, 0.1) is 0 Å². The molecule has 0 unspecified atom stereocenters. The molecule has 0 spiro atoms. The molecule has 0 atom stereocenters. The van der Waals surface area contributed by atoms with E-state index in [9.17, 15) is 0 Å². The Hall–Kier alpha value is -6.18. The molecule has 0 N–H and O–H groups in total. The predicted molar refractivity (Wildman–Crippen MR) is 210 cm³/mol. The molecule has 1 heteroatoms. The van der Waals surface area contributed by atoms with E-state index in [1.165, 1.54) is 71.4 Å². The van der Waals surface area contributed by atoms with Gasteiger partial charge in [-0.2, -0.15) is 0 Å². The highest BCUT2D eigenvalue weighted by atomic mass is 15.1. The summed E-state index contributed by atoms with van der Waals surface area (Å²) in [5.74, 6) is 0. The van der Waals surface area contributed by atoms with Crippen molar-refractivity contribution in [2.24, 2.45) is 0 Å². The van der Waals surface area contributed by atoms with Crippen LogP contribution in [-0.4, -0.2) is 0 Å². The Bertz CT molecular complexity index is 2520. The van der Waals surface area contributed by atoms with Gasteiger partial charge in [-0.25, -0.2) is 0 Å². The van der Waals surface area contributed by atoms with Gasteiger partial charge in [0.1, 0.15) is 0 Å². The minimum absolute atomic E-state index is 1.00. The quantitative estimate of drug-likeness (QED) is 0.166. The van der Waals surface area contributed by atoms with Crippen LogP contribution in [0.5, 0.6) is 0 Å². The molecular weight excluding hydrogens is 591 g/mol. The summed E-state index contributed by atoms with van der Waals surface area (Å²) in [5, 5.41) is 7.65. The highest BCUT2D eigenvalue weighted by Gasteiger charge is 2.18. The normalized spacial score (nSPS) is 13.0. The minimum Gasteiger partial charge on any atom is -0.311 e. The van der Waals surface area contributed by atoms with Crippen molar-refractivity contribution in [2.75, 3.05) is 4.90 Å². The SMILES string of the molecule is C1=C(c2ccccc2)CCC=C1N(c1ccc(-c2ccc3ccccc3c2)cc1)c1ccc(-c2cc3ccccc3c3ccccc23)cc1. The fourth-order valence-corrected chi connectivity index (χ4v) is 7.42. The Morgan fingerprint density at radius 3 is 1.73 bits per heavy atom. The largest absolute Gasteiger partial charge is 0.311 e. The second-order valence-corrected chi connectivity index (χ2v) is 12.9. The molecule has 0 heterocycles. The number of anilines is 2. The summed E-state index contributed by atoms with van der Waals surface area (Å²) >= 11 is 0. The van der Waals surface area contributed by atoms with Crippen LogP contribution in [0.15, 0.2) is 194 Å². The third-order valence-electron chi connectivity index (χ3n) is 9.90. The molecule has 0 bridgehead atoms. The van der Waals surface area contributed by atoms with E-state index in [0.717, 1.165) is 24.2 Å². The van der Waals surface area contributed by atoms with Crippen LogP contribution in [0.3, 0.4) is 0 Å². The summed E-state index contributed by atoms with van der Waals surface area (Å²) in [6.45, 7) is 0. The maximum Gasteiger partial charge on any atom is 0.0461 e. The van der Waals surface area contributed by atoms with E-state index in [4.69, 9.17) is 0 Å². The van der Waals surface area contributed by atoms with Crippen LogP contribution >= 0.6 is 0 Å². The van der Waals surface area contributed by atoms with Crippen molar-refractivity contribution in [3.63, 3.8) is 0 Å². The fraction of sp³-hybridized carbons (Fsp3) is 0.0417. The number of hydrogen-bond donors (Lipinski definition) is 0. The molecule has 0 aromatic heterocycles. The van der Waals surface area contributed by atoms with Crippen molar-refractivity contribution in [1.82, 2.24) is 0 Å². The van der Waals surface area contributed by atoms with Gasteiger partial charge in [0.2, 0.25) is 0 Å². The summed E-state index contributed by atoms with van der Waals surface area (Å²) < 4.78 is 0. The van der Waals surface area contributed by atoms with E-state index in [-0.39, 0.29) is 0 Å². The molecule has 0 saturated carbocycles. The van der Waals surface area contributed by atoms with Gasteiger partial charge in [-0.05, 0) is 121 Å². The Morgan fingerprint density at radius 2 is 0.980 bits per heavy atom. The highest BCUT2D eigenvalue weighted by Crippen LogP contribution is 2.39. The zero-order valence-corrected chi connectivity index (χ0v) is 27.3. The summed E-state index contributed by atoms with van der Waals surface area (Å²) in [7, 11) is 0. The van der Waals surface area contributed by atoms with Crippen molar-refractivity contribution < 1.29 is 0 Å². The van der Waals surface area contributed by atoms with E-state index in [2.05, 4.69) is 193 Å². The topological polar surface area (TPSA) is 3.24 Å². The number of fused-ring (bicyclic) bond motifs is 4. The number of rotatable bonds is 6. The molecule has 232 valence electrons. The van der Waals surface area contributed by atoms with Gasteiger partial charge in [-0.1, -0.05) is 146 Å². The van der Waals surface area contributed by atoms with Gasteiger partial charge < -0.3 is 4.90 Å². The molecule has 49 heavy (non-hydrogen) atoms. The van der Waals surface area contributed by atoms with E-state index in [0.29, 0.717) is 0 Å². The first-order valence-corrected chi connectivity index (χ1v) is 17.1. The Balaban J connectivity index is 1.13. The fourth-order valence-electron chi connectivity index (χ4n) is 7.42. The van der Waals surface area contributed by atoms with E-state index in [1.807, 2.05) is 0 Å². The molecule has 0 radical (unpaired) electrons. The molecule has 1 nitrogen and oxygen atoms in total. The smallest absolute Gasteiger partial charge is 0.0461 e. The van der Waals surface area contributed by atoms with Crippen molar-refractivity contribution in [1.29, 1.82) is 0 Å². The second-order valence-electron chi connectivity index (χ2n) is 12.9. The number of benzene rings is 8. The van der Waals surface area contributed by atoms with Gasteiger partial charge in [0.05, 0.1) is 0 Å². The summed E-state index contributed by atoms with van der Waals surface area (Å²) in [5.41, 5.74) is 11.1. The molecule has 9 rings (SSSR count). The number of nitrogens with zero attached hydrogens (tertiary/aromatic N) is 1. The lowest BCUT2D eigenvalue weighted by Crippen LogP contribution is -2.17. The summed E-state index contributed by atoms with van der Waals surface area (Å²) in [4.78, 5) is 2.41. The summed E-state index contributed by atoms with van der Waals surface area (Å²) in [6.07, 6.45) is 6.80. The van der Waals surface area contributed by atoms with Crippen LogP contribution in [0.2, 0.25) is 0 Å². The van der Waals surface area contributed by atoms with Crippen LogP contribution < -0.4 is 4.90 Å². The average Bonchev–Trinajstić information content (AvgIpc) is 3.18. The standard InChI is InChI=1S/C48H35N/c1-2-11-34(12-3-1)39-16-10-17-44(32-39)49(42-27-23-36(24-28-42)40-22-21-35-13-4-5-14-38(35)31-40)43-29-25-37(26-30-43)48-33-41-15-6-7-18-45(41)46-19-8-9-20-47(46)48/h1-9,11-15,17-33H,10,16H2. The third kappa shape index (κ3) is 5.50. The Kier molecular flexibility index (Phi) is 7.37. The molecule has 1 aliphatic rings. The van der Waals surface area contributed by atoms with Crippen molar-refractivity contribution in [3.05, 3.63) is 199 Å². The van der Waals surface area contributed by atoms with Crippen molar-refractivity contribution in [3.8, 4) is 22.3 Å². The molecule has 8 aromatic carbocycles. The zero-order valence-electron chi connectivity index (χ0n) is 27.3. The first-order chi connectivity index (χ1) is 24.3. The average molecular weight is 626 g/mol. The van der Waals surface area contributed by atoms with Gasteiger partial charge in [0.15, 0.2) is 0 Å². The Morgan fingerprint density at radius 1 is 0.388 bits per heavy atom. The van der Waals surface area contributed by atoms with Crippen molar-refractivity contribution in [2.45, 2.75) is 12.8 Å². The van der Waals surface area contributed by atoms with Crippen molar-refractivity contribution >= 4 is 49.3 Å². The lowest BCUT2D eigenvalue weighted by Gasteiger charge is -2.29. The summed E-state index contributed by atoms with van der Waals surface area (Å²) in [6, 6.07) is 64.1. The predicted octanol–water partition coefficient (Wildman–Crippen LogP) is 13.4. The van der Waals surface area contributed by atoms with Crippen LogP contribution in [0.1, 0.15) is 18.4 Å². The molecule has 1 aliphatic carbocycles. The first kappa shape index (κ1) is 29.0. The second kappa shape index (κ2) is 12.4. The number of hydrogen-bond acceptors (Lipinski definition) is 1. The van der Waals surface area contributed by atoms with E-state index < -0.39 is 0 Å². The minimum atomic E-state index is 1.00. The monoisotopic (exact) mass is 625 g/mol. The van der Waals surface area contributed by atoms with Crippen LogP contribution in [0.25, 0.3) is 60.1 Å². The zero-order chi connectivity index (χ0) is 32.6.